The molecule has 0 aromatic carbocycles. The van der Waals surface area contributed by atoms with Gasteiger partial charge in [0.1, 0.15) is 42.7 Å². The van der Waals surface area contributed by atoms with Gasteiger partial charge in [-0.25, -0.2) is 0 Å². The number of unbranched alkanes of at least 4 members (excludes halogenated alkanes) is 12. The second-order valence-electron chi connectivity index (χ2n) is 10.8. The van der Waals surface area contributed by atoms with E-state index >= 15 is 0 Å². The Morgan fingerprint density at radius 1 is 0.553 bits per heavy atom. The van der Waals surface area contributed by atoms with Crippen molar-refractivity contribution >= 4 is 0 Å². The summed E-state index contributed by atoms with van der Waals surface area (Å²) in [5.74, 6) is 0. The average Bonchev–Trinajstić information content (AvgIpc) is 2.92. The topological polar surface area (TPSA) is 181 Å². The molecule has 0 bridgehead atoms. The van der Waals surface area contributed by atoms with Crippen LogP contribution in [0.3, 0.4) is 0 Å². The first-order valence-corrected chi connectivity index (χ1v) is 14.7. The molecule has 2 aliphatic heterocycles. The molecule has 226 valence electrons. The second-order valence-corrected chi connectivity index (χ2v) is 10.8. The second kappa shape index (κ2) is 18.8. The van der Waals surface area contributed by atoms with Gasteiger partial charge in [-0.3, -0.25) is 0 Å². The molecule has 0 spiro atoms. The van der Waals surface area contributed by atoms with Crippen molar-refractivity contribution in [3.05, 3.63) is 0 Å². The molecular formula is C27H53NO10. The summed E-state index contributed by atoms with van der Waals surface area (Å²) in [7, 11) is 0. The number of ether oxygens (including phenoxy) is 3. The van der Waals surface area contributed by atoms with Gasteiger partial charge in [-0.1, -0.05) is 84.0 Å². The first-order valence-electron chi connectivity index (χ1n) is 14.7. The number of hydrogen-bond donors (Lipinski definition) is 8. The van der Waals surface area contributed by atoms with Gasteiger partial charge in [-0.15, -0.1) is 0 Å². The third-order valence-electron chi connectivity index (χ3n) is 7.66. The van der Waals surface area contributed by atoms with Crippen molar-refractivity contribution in [1.29, 1.82) is 0 Å². The fraction of sp³-hybridized carbons (Fsp3) is 1.00. The van der Waals surface area contributed by atoms with Crippen LogP contribution in [0.4, 0.5) is 0 Å². The molecule has 10 atom stereocenters. The molecule has 0 aliphatic carbocycles. The molecule has 0 amide bonds. The predicted octanol–water partition coefficient (Wildman–Crippen LogP) is 0.291. The van der Waals surface area contributed by atoms with E-state index in [0.29, 0.717) is 6.54 Å². The van der Waals surface area contributed by atoms with Crippen molar-refractivity contribution in [3.8, 4) is 0 Å². The Kier molecular flexibility index (Phi) is 16.7. The molecule has 4 unspecified atom stereocenters. The van der Waals surface area contributed by atoms with E-state index in [1.54, 1.807) is 0 Å². The standard InChI is InChI=1S/C27H53NO10/c1-2-3-4-5-6-7-8-9-10-11-12-13-14-15-28-20-18(16-29)36-26(24(34)22(20)32)38-27-25(35)23(33)21(31)19(17-30)37-27/h18-35H,2-17H2,1H3/t18?,19-,20-,21-,22+,23?,24?,25?,26-,27-/m1/s1. The quantitative estimate of drug-likeness (QED) is 0.103. The lowest BCUT2D eigenvalue weighted by molar-refractivity contribution is -0.370. The van der Waals surface area contributed by atoms with E-state index in [9.17, 15) is 35.7 Å². The van der Waals surface area contributed by atoms with Gasteiger partial charge >= 0.3 is 0 Å². The first-order chi connectivity index (χ1) is 18.3. The van der Waals surface area contributed by atoms with Crippen molar-refractivity contribution < 1.29 is 50.0 Å². The Bertz CT molecular complexity index is 598. The Labute approximate surface area is 227 Å². The van der Waals surface area contributed by atoms with Gasteiger partial charge in [0, 0.05) is 0 Å². The fourth-order valence-electron chi connectivity index (χ4n) is 5.18. The third kappa shape index (κ3) is 10.5. The Morgan fingerprint density at radius 3 is 1.50 bits per heavy atom. The Morgan fingerprint density at radius 2 is 1.00 bits per heavy atom. The van der Waals surface area contributed by atoms with Crippen LogP contribution in [0.2, 0.25) is 0 Å². The van der Waals surface area contributed by atoms with E-state index in [0.717, 1.165) is 19.3 Å². The van der Waals surface area contributed by atoms with Gasteiger partial charge in [0.25, 0.3) is 0 Å². The SMILES string of the molecule is CCCCCCCCCCCCCCCN[C@@H]1C(CO)O[C@H](O[C@H]2O[C@H](CO)[C@@H](O)C(O)C2O)C(O)[C@H]1O. The van der Waals surface area contributed by atoms with Crippen molar-refractivity contribution in [1.82, 2.24) is 5.32 Å². The van der Waals surface area contributed by atoms with E-state index in [1.165, 1.54) is 64.2 Å². The van der Waals surface area contributed by atoms with Gasteiger partial charge in [-0.05, 0) is 13.0 Å². The molecule has 2 heterocycles. The summed E-state index contributed by atoms with van der Waals surface area (Å²) in [6.45, 7) is 1.74. The summed E-state index contributed by atoms with van der Waals surface area (Å²) in [5, 5.41) is 73.6. The van der Waals surface area contributed by atoms with Crippen LogP contribution in [0.25, 0.3) is 0 Å². The first kappa shape index (κ1) is 33.8. The third-order valence-corrected chi connectivity index (χ3v) is 7.66. The molecule has 38 heavy (non-hydrogen) atoms. The molecular weight excluding hydrogens is 498 g/mol. The monoisotopic (exact) mass is 551 g/mol. The summed E-state index contributed by atoms with van der Waals surface area (Å²) >= 11 is 0. The van der Waals surface area contributed by atoms with Crippen LogP contribution in [0.1, 0.15) is 90.4 Å². The van der Waals surface area contributed by atoms with E-state index in [2.05, 4.69) is 12.2 Å². The molecule has 0 aromatic heterocycles. The zero-order valence-corrected chi connectivity index (χ0v) is 22.9. The molecule has 0 saturated carbocycles. The molecule has 0 radical (unpaired) electrons. The van der Waals surface area contributed by atoms with Crippen LogP contribution in [-0.4, -0.2) is 117 Å². The maximum Gasteiger partial charge on any atom is 0.189 e. The summed E-state index contributed by atoms with van der Waals surface area (Å²) in [4.78, 5) is 0. The average molecular weight is 552 g/mol. The maximum absolute atomic E-state index is 10.7. The minimum atomic E-state index is -1.68. The number of rotatable bonds is 19. The summed E-state index contributed by atoms with van der Waals surface area (Å²) < 4.78 is 16.4. The zero-order valence-electron chi connectivity index (χ0n) is 22.9. The molecule has 8 N–H and O–H groups in total. The van der Waals surface area contributed by atoms with Gasteiger partial charge in [0.05, 0.1) is 19.3 Å². The molecule has 2 saturated heterocycles. The summed E-state index contributed by atoms with van der Waals surface area (Å²) in [6, 6.07) is -0.734. The van der Waals surface area contributed by atoms with Crippen molar-refractivity contribution in [2.45, 2.75) is 152 Å². The number of aliphatic hydroxyl groups excluding tert-OH is 7. The minimum Gasteiger partial charge on any atom is -0.394 e. The highest BCUT2D eigenvalue weighted by Crippen LogP contribution is 2.28. The van der Waals surface area contributed by atoms with Crippen LogP contribution in [-0.2, 0) is 14.2 Å². The summed E-state index contributed by atoms with van der Waals surface area (Å²) in [5.41, 5.74) is 0. The highest BCUT2D eigenvalue weighted by Gasteiger charge is 2.49. The Balaban J connectivity index is 1.65. The van der Waals surface area contributed by atoms with Crippen LogP contribution in [0.5, 0.6) is 0 Å². The van der Waals surface area contributed by atoms with E-state index in [4.69, 9.17) is 14.2 Å². The van der Waals surface area contributed by atoms with Crippen molar-refractivity contribution in [3.63, 3.8) is 0 Å². The lowest BCUT2D eigenvalue weighted by Gasteiger charge is -2.45. The van der Waals surface area contributed by atoms with E-state index < -0.39 is 74.6 Å². The largest absolute Gasteiger partial charge is 0.394 e. The predicted molar refractivity (Wildman–Crippen MR) is 140 cm³/mol. The number of hydrogen-bond acceptors (Lipinski definition) is 11. The zero-order chi connectivity index (χ0) is 27.9. The van der Waals surface area contributed by atoms with Gasteiger partial charge < -0.3 is 55.3 Å². The molecule has 2 fully saturated rings. The van der Waals surface area contributed by atoms with Crippen LogP contribution < -0.4 is 5.32 Å². The fourth-order valence-corrected chi connectivity index (χ4v) is 5.18. The van der Waals surface area contributed by atoms with E-state index in [1.807, 2.05) is 0 Å². The highest BCUT2D eigenvalue weighted by molar-refractivity contribution is 4.95. The highest BCUT2D eigenvalue weighted by atomic mass is 16.8. The maximum atomic E-state index is 10.7. The molecule has 2 aliphatic rings. The minimum absolute atomic E-state index is 0.450. The lowest BCUT2D eigenvalue weighted by atomic mass is 9.95. The van der Waals surface area contributed by atoms with Crippen LogP contribution >= 0.6 is 0 Å². The van der Waals surface area contributed by atoms with Crippen LogP contribution in [0, 0.1) is 0 Å². The number of nitrogens with one attached hydrogen (secondary N) is 1. The van der Waals surface area contributed by atoms with Crippen molar-refractivity contribution in [2.24, 2.45) is 0 Å². The molecule has 11 heteroatoms. The van der Waals surface area contributed by atoms with Crippen molar-refractivity contribution in [2.75, 3.05) is 19.8 Å². The van der Waals surface area contributed by atoms with Gasteiger partial charge in [0.2, 0.25) is 0 Å². The smallest absolute Gasteiger partial charge is 0.189 e. The van der Waals surface area contributed by atoms with Crippen LogP contribution in [0.15, 0.2) is 0 Å². The Hall–Kier alpha value is -0.440. The lowest BCUT2D eigenvalue weighted by Crippen LogP contribution is -2.66. The molecule has 2 rings (SSSR count). The van der Waals surface area contributed by atoms with Gasteiger partial charge in [-0.2, -0.15) is 0 Å². The molecule has 0 aromatic rings. The summed E-state index contributed by atoms with van der Waals surface area (Å²) in [6.07, 6.45) is 3.36. The number of aliphatic hydroxyl groups is 7. The van der Waals surface area contributed by atoms with E-state index in [-0.39, 0.29) is 0 Å². The van der Waals surface area contributed by atoms with Gasteiger partial charge in [0.15, 0.2) is 12.6 Å². The normalized spacial score (nSPS) is 36.0. The molecule has 11 nitrogen and oxygen atoms in total.